The van der Waals surface area contributed by atoms with Crippen LogP contribution >= 0.6 is 0 Å². The Morgan fingerprint density at radius 1 is 1.35 bits per heavy atom. The summed E-state index contributed by atoms with van der Waals surface area (Å²) in [5.41, 5.74) is 1.24. The molecule has 0 aliphatic rings. The standard InChI is InChI=1S/C13H9FNO2/c14-11-6-5-9(7-12(11)15-8-16)10-3-1-2-4-13(10)17/h1,3-8,17H,(H,15,16). The molecule has 0 fully saturated rings. The van der Waals surface area contributed by atoms with Gasteiger partial charge in [-0.2, -0.15) is 0 Å². The summed E-state index contributed by atoms with van der Waals surface area (Å²) in [7, 11) is 0. The minimum atomic E-state index is -0.525. The number of phenolic OH excluding ortho intramolecular Hbond substituents is 1. The summed E-state index contributed by atoms with van der Waals surface area (Å²) in [6.45, 7) is 0. The highest BCUT2D eigenvalue weighted by molar-refractivity contribution is 5.78. The number of rotatable bonds is 3. The van der Waals surface area contributed by atoms with Gasteiger partial charge < -0.3 is 10.4 Å². The number of nitrogens with one attached hydrogen (secondary N) is 1. The summed E-state index contributed by atoms with van der Waals surface area (Å²) in [5.74, 6) is -0.473. The number of carbonyl (C=O) groups excluding carboxylic acids is 1. The van der Waals surface area contributed by atoms with Crippen molar-refractivity contribution in [3.63, 3.8) is 0 Å². The molecule has 0 unspecified atom stereocenters. The molecule has 2 rings (SSSR count). The number of aromatic hydroxyl groups is 1. The molecular weight excluding hydrogens is 221 g/mol. The fourth-order valence-corrected chi connectivity index (χ4v) is 1.53. The van der Waals surface area contributed by atoms with Crippen LogP contribution in [0.25, 0.3) is 11.1 Å². The SMILES string of the molecule is O=CNc1cc(-c2cc[c]cc2O)ccc1F. The summed E-state index contributed by atoms with van der Waals surface area (Å²) in [6, 6.07) is 11.7. The van der Waals surface area contributed by atoms with E-state index in [0.717, 1.165) is 0 Å². The second kappa shape index (κ2) is 4.65. The van der Waals surface area contributed by atoms with Gasteiger partial charge in [-0.3, -0.25) is 4.79 Å². The van der Waals surface area contributed by atoms with E-state index in [0.29, 0.717) is 17.5 Å². The van der Waals surface area contributed by atoms with Gasteiger partial charge in [0.2, 0.25) is 6.41 Å². The molecule has 2 aromatic rings. The van der Waals surface area contributed by atoms with Crippen molar-refractivity contribution in [1.82, 2.24) is 0 Å². The molecule has 0 atom stereocenters. The molecule has 1 radical (unpaired) electrons. The van der Waals surface area contributed by atoms with Crippen LogP contribution in [0.5, 0.6) is 5.75 Å². The number of phenols is 1. The van der Waals surface area contributed by atoms with Gasteiger partial charge in [-0.1, -0.05) is 18.2 Å². The maximum Gasteiger partial charge on any atom is 0.211 e. The first-order chi connectivity index (χ1) is 8.22. The van der Waals surface area contributed by atoms with Gasteiger partial charge in [-0.25, -0.2) is 4.39 Å². The highest BCUT2D eigenvalue weighted by Gasteiger charge is 2.07. The summed E-state index contributed by atoms with van der Waals surface area (Å²) in [4.78, 5) is 10.3. The third-order valence-corrected chi connectivity index (χ3v) is 2.33. The van der Waals surface area contributed by atoms with Gasteiger partial charge in [0.25, 0.3) is 0 Å². The second-order valence-electron chi connectivity index (χ2n) is 3.40. The molecule has 0 aliphatic heterocycles. The first-order valence-corrected chi connectivity index (χ1v) is 4.91. The first-order valence-electron chi connectivity index (χ1n) is 4.91. The maximum atomic E-state index is 13.3. The Hall–Kier alpha value is -2.36. The Labute approximate surface area is 97.5 Å². The molecule has 0 saturated heterocycles. The monoisotopic (exact) mass is 230 g/mol. The van der Waals surface area contributed by atoms with E-state index in [1.165, 1.54) is 24.3 Å². The van der Waals surface area contributed by atoms with Crippen LogP contribution in [0.3, 0.4) is 0 Å². The predicted octanol–water partition coefficient (Wildman–Crippen LogP) is 2.57. The number of anilines is 1. The van der Waals surface area contributed by atoms with Gasteiger partial charge in [0.1, 0.15) is 11.6 Å². The van der Waals surface area contributed by atoms with Crippen LogP contribution in [0, 0.1) is 11.9 Å². The molecule has 2 N–H and O–H groups in total. The molecule has 85 valence electrons. The van der Waals surface area contributed by atoms with Crippen LogP contribution in [0.1, 0.15) is 0 Å². The average Bonchev–Trinajstić information content (AvgIpc) is 2.33. The minimum absolute atomic E-state index is 0.0520. The van der Waals surface area contributed by atoms with Gasteiger partial charge in [0, 0.05) is 5.56 Å². The van der Waals surface area contributed by atoms with Gasteiger partial charge in [0.05, 0.1) is 5.69 Å². The maximum absolute atomic E-state index is 13.3. The summed E-state index contributed by atoms with van der Waals surface area (Å²) < 4.78 is 13.3. The third-order valence-electron chi connectivity index (χ3n) is 2.33. The lowest BCUT2D eigenvalue weighted by atomic mass is 10.0. The zero-order valence-electron chi connectivity index (χ0n) is 8.77. The lowest BCUT2D eigenvalue weighted by molar-refractivity contribution is -0.105. The number of halogens is 1. The summed E-state index contributed by atoms with van der Waals surface area (Å²) in [6.07, 6.45) is 0.404. The van der Waals surface area contributed by atoms with Crippen molar-refractivity contribution in [1.29, 1.82) is 0 Å². The van der Waals surface area contributed by atoms with Crippen molar-refractivity contribution in [2.75, 3.05) is 5.32 Å². The molecular formula is C13H9FNO2. The van der Waals surface area contributed by atoms with Crippen LogP contribution in [-0.2, 0) is 4.79 Å². The highest BCUT2D eigenvalue weighted by atomic mass is 19.1. The summed E-state index contributed by atoms with van der Waals surface area (Å²) >= 11 is 0. The quantitative estimate of drug-likeness (QED) is 0.796. The van der Waals surface area contributed by atoms with Crippen molar-refractivity contribution in [2.45, 2.75) is 0 Å². The smallest absolute Gasteiger partial charge is 0.211 e. The van der Waals surface area contributed by atoms with E-state index in [4.69, 9.17) is 0 Å². The van der Waals surface area contributed by atoms with E-state index >= 15 is 0 Å². The molecule has 0 heterocycles. The van der Waals surface area contributed by atoms with E-state index in [1.807, 2.05) is 0 Å². The molecule has 0 saturated carbocycles. The number of carbonyl (C=O) groups is 1. The lowest BCUT2D eigenvalue weighted by Gasteiger charge is -2.07. The number of hydrogen-bond donors (Lipinski definition) is 2. The Balaban J connectivity index is 2.50. The van der Waals surface area contributed by atoms with E-state index in [2.05, 4.69) is 11.4 Å². The van der Waals surface area contributed by atoms with E-state index in [9.17, 15) is 14.3 Å². The molecule has 0 aliphatic carbocycles. The molecule has 2 aromatic carbocycles. The van der Waals surface area contributed by atoms with E-state index in [1.54, 1.807) is 12.1 Å². The van der Waals surface area contributed by atoms with Crippen LogP contribution < -0.4 is 5.32 Å². The molecule has 1 amide bonds. The topological polar surface area (TPSA) is 49.3 Å². The lowest BCUT2D eigenvalue weighted by Crippen LogP contribution is -1.97. The molecule has 0 aromatic heterocycles. The number of amides is 1. The van der Waals surface area contributed by atoms with Crippen molar-refractivity contribution in [3.8, 4) is 16.9 Å². The van der Waals surface area contributed by atoms with Crippen molar-refractivity contribution >= 4 is 12.1 Å². The van der Waals surface area contributed by atoms with Gasteiger partial charge in [-0.05, 0) is 29.8 Å². The fourth-order valence-electron chi connectivity index (χ4n) is 1.53. The largest absolute Gasteiger partial charge is 0.507 e. The zero-order chi connectivity index (χ0) is 12.3. The molecule has 0 spiro atoms. The highest BCUT2D eigenvalue weighted by Crippen LogP contribution is 2.30. The summed E-state index contributed by atoms with van der Waals surface area (Å²) in [5, 5.41) is 11.9. The third kappa shape index (κ3) is 2.25. The number of benzene rings is 2. The Kier molecular flexibility index (Phi) is 3.05. The normalized spacial score (nSPS) is 9.94. The molecule has 4 heteroatoms. The average molecular weight is 230 g/mol. The predicted molar refractivity (Wildman–Crippen MR) is 62.0 cm³/mol. The number of hydrogen-bond acceptors (Lipinski definition) is 2. The van der Waals surface area contributed by atoms with Crippen molar-refractivity contribution in [3.05, 3.63) is 48.3 Å². The van der Waals surface area contributed by atoms with Crippen LogP contribution in [-0.4, -0.2) is 11.5 Å². The molecule has 0 bridgehead atoms. The van der Waals surface area contributed by atoms with Crippen molar-refractivity contribution in [2.24, 2.45) is 0 Å². The van der Waals surface area contributed by atoms with Crippen LogP contribution in [0.15, 0.2) is 36.4 Å². The molecule has 17 heavy (non-hydrogen) atoms. The van der Waals surface area contributed by atoms with Gasteiger partial charge in [0.15, 0.2) is 0 Å². The Morgan fingerprint density at radius 3 is 2.88 bits per heavy atom. The first kappa shape index (κ1) is 11.1. The fraction of sp³-hybridized carbons (Fsp3) is 0. The Bertz CT molecular complexity index is 555. The minimum Gasteiger partial charge on any atom is -0.507 e. The molecule has 3 nitrogen and oxygen atoms in total. The van der Waals surface area contributed by atoms with E-state index in [-0.39, 0.29) is 11.4 Å². The van der Waals surface area contributed by atoms with Crippen LogP contribution in [0.2, 0.25) is 0 Å². The van der Waals surface area contributed by atoms with Crippen molar-refractivity contribution < 1.29 is 14.3 Å². The van der Waals surface area contributed by atoms with Crippen LogP contribution in [0.4, 0.5) is 10.1 Å². The Morgan fingerprint density at radius 2 is 2.18 bits per heavy atom. The van der Waals surface area contributed by atoms with E-state index < -0.39 is 5.82 Å². The van der Waals surface area contributed by atoms with Gasteiger partial charge >= 0.3 is 0 Å². The van der Waals surface area contributed by atoms with Gasteiger partial charge in [-0.15, -0.1) is 0 Å². The second-order valence-corrected chi connectivity index (χ2v) is 3.40. The zero-order valence-corrected chi connectivity index (χ0v) is 8.77.